The quantitative estimate of drug-likeness (QED) is 0.220. The Kier molecular flexibility index (Phi) is 3.50. The predicted octanol–water partition coefficient (Wildman–Crippen LogP) is 6.82. The molecular weight excluding hydrogens is 314 g/mol. The monoisotopic (exact) mass is 331 g/mol. The van der Waals surface area contributed by atoms with Crippen LogP contribution in [0.4, 0.5) is 0 Å². The Morgan fingerprint density at radius 2 is 0.885 bits per heavy atom. The normalized spacial score (nSPS) is 11.1. The summed E-state index contributed by atoms with van der Waals surface area (Å²) in [6.45, 7) is 0. The van der Waals surface area contributed by atoms with E-state index in [4.69, 9.17) is 0 Å². The Labute approximate surface area is 151 Å². The third-order valence-corrected chi connectivity index (χ3v) is 4.96. The van der Waals surface area contributed by atoms with Crippen LogP contribution in [0.2, 0.25) is 0 Å². The van der Waals surface area contributed by atoms with Gasteiger partial charge in [-0.1, -0.05) is 78.9 Å². The summed E-state index contributed by atoms with van der Waals surface area (Å²) in [4.78, 5) is 3.78. The molecule has 0 spiro atoms. The van der Waals surface area contributed by atoms with E-state index in [1.807, 2.05) is 18.2 Å². The molecular formula is C25H17N. The molecule has 5 aromatic carbocycles. The van der Waals surface area contributed by atoms with Gasteiger partial charge in [0.1, 0.15) is 0 Å². The van der Waals surface area contributed by atoms with Crippen molar-refractivity contribution in [2.45, 2.75) is 0 Å². The van der Waals surface area contributed by atoms with E-state index in [1.54, 1.807) is 12.4 Å². The minimum atomic E-state index is 1.33. The van der Waals surface area contributed by atoms with Crippen molar-refractivity contribution in [1.29, 1.82) is 0 Å². The number of rotatable bonds is 0. The van der Waals surface area contributed by atoms with Crippen LogP contribution in [0.1, 0.15) is 0 Å². The van der Waals surface area contributed by atoms with Gasteiger partial charge < -0.3 is 0 Å². The lowest BCUT2D eigenvalue weighted by Crippen LogP contribution is -1.86. The number of hydrogen-bond donors (Lipinski definition) is 0. The lowest BCUT2D eigenvalue weighted by Gasteiger charge is -2.14. The zero-order valence-electron chi connectivity index (χ0n) is 14.3. The third kappa shape index (κ3) is 2.29. The Hall–Kier alpha value is -3.45. The van der Waals surface area contributed by atoms with Crippen molar-refractivity contribution < 1.29 is 0 Å². The predicted molar refractivity (Wildman–Crippen MR) is 112 cm³/mol. The van der Waals surface area contributed by atoms with Crippen LogP contribution in [0.25, 0.3) is 43.1 Å². The third-order valence-electron chi connectivity index (χ3n) is 4.96. The van der Waals surface area contributed by atoms with Crippen LogP contribution in [0, 0.1) is 0 Å². The van der Waals surface area contributed by atoms with Crippen LogP contribution in [-0.4, -0.2) is 4.98 Å². The van der Waals surface area contributed by atoms with E-state index in [0.29, 0.717) is 0 Å². The molecule has 0 aliphatic carbocycles. The fourth-order valence-corrected chi connectivity index (χ4v) is 3.87. The summed E-state index contributed by atoms with van der Waals surface area (Å²) in [5.74, 6) is 0. The van der Waals surface area contributed by atoms with Crippen LogP contribution in [0.3, 0.4) is 0 Å². The fourth-order valence-electron chi connectivity index (χ4n) is 3.87. The molecule has 0 aliphatic rings. The second-order valence-corrected chi connectivity index (χ2v) is 6.44. The maximum absolute atomic E-state index is 3.78. The average molecular weight is 331 g/mol. The lowest BCUT2D eigenvalue weighted by molar-refractivity contribution is 1.33. The summed E-state index contributed by atoms with van der Waals surface area (Å²) in [6.07, 6.45) is 3.50. The van der Waals surface area contributed by atoms with Gasteiger partial charge in [-0.3, -0.25) is 4.98 Å². The van der Waals surface area contributed by atoms with E-state index in [2.05, 4.69) is 77.8 Å². The zero-order valence-corrected chi connectivity index (χ0v) is 14.3. The fraction of sp³-hybridized carbons (Fsp3) is 0. The van der Waals surface area contributed by atoms with Crippen molar-refractivity contribution in [2.24, 2.45) is 0 Å². The molecule has 1 heteroatoms. The van der Waals surface area contributed by atoms with Gasteiger partial charge in [0.2, 0.25) is 0 Å². The Bertz CT molecular complexity index is 1200. The molecule has 0 atom stereocenters. The molecule has 0 aliphatic heterocycles. The van der Waals surface area contributed by atoms with Crippen molar-refractivity contribution in [3.05, 3.63) is 103 Å². The maximum atomic E-state index is 3.78. The molecule has 1 nitrogen and oxygen atoms in total. The standard InChI is InChI=1S/C20H12.C5H5N/c1-2-8-16-15(7-1)17-9-3-5-13-11-12-14-6-4-10-18(16)20(14)19(13)17;1-2-4-6-5-3-1/h1-12H;1-5H. The molecule has 122 valence electrons. The van der Waals surface area contributed by atoms with E-state index in [0.717, 1.165) is 0 Å². The second-order valence-electron chi connectivity index (χ2n) is 6.44. The van der Waals surface area contributed by atoms with Crippen molar-refractivity contribution in [1.82, 2.24) is 4.98 Å². The topological polar surface area (TPSA) is 12.9 Å². The number of benzene rings is 5. The first-order valence-corrected chi connectivity index (χ1v) is 8.83. The molecule has 1 heterocycles. The van der Waals surface area contributed by atoms with E-state index in [-0.39, 0.29) is 0 Å². The minimum absolute atomic E-state index is 1.33. The van der Waals surface area contributed by atoms with Crippen LogP contribution in [0.5, 0.6) is 0 Å². The second kappa shape index (κ2) is 6.12. The highest BCUT2D eigenvalue weighted by molar-refractivity contribution is 6.33. The molecule has 0 bridgehead atoms. The van der Waals surface area contributed by atoms with Crippen LogP contribution in [-0.2, 0) is 0 Å². The molecule has 0 amide bonds. The van der Waals surface area contributed by atoms with Gasteiger partial charge in [0.05, 0.1) is 0 Å². The zero-order chi connectivity index (χ0) is 17.3. The minimum Gasteiger partial charge on any atom is -0.265 e. The van der Waals surface area contributed by atoms with Gasteiger partial charge in [0, 0.05) is 12.4 Å². The first-order chi connectivity index (χ1) is 12.9. The Balaban J connectivity index is 0.000000215. The van der Waals surface area contributed by atoms with Gasteiger partial charge >= 0.3 is 0 Å². The highest BCUT2D eigenvalue weighted by atomic mass is 14.6. The summed E-state index contributed by atoms with van der Waals surface area (Å²) in [7, 11) is 0. The summed E-state index contributed by atoms with van der Waals surface area (Å²) < 4.78 is 0. The highest BCUT2D eigenvalue weighted by Crippen LogP contribution is 2.40. The largest absolute Gasteiger partial charge is 0.265 e. The van der Waals surface area contributed by atoms with Gasteiger partial charge in [-0.15, -0.1) is 0 Å². The Morgan fingerprint density at radius 1 is 0.385 bits per heavy atom. The number of aromatic nitrogens is 1. The van der Waals surface area contributed by atoms with Gasteiger partial charge in [-0.2, -0.15) is 0 Å². The molecule has 26 heavy (non-hydrogen) atoms. The smallest absolute Gasteiger partial charge is 0.0267 e. The molecule has 0 radical (unpaired) electrons. The summed E-state index contributed by atoms with van der Waals surface area (Å²) in [6, 6.07) is 32.2. The molecule has 0 fully saturated rings. The highest BCUT2D eigenvalue weighted by Gasteiger charge is 2.11. The summed E-state index contributed by atoms with van der Waals surface area (Å²) >= 11 is 0. The van der Waals surface area contributed by atoms with Gasteiger partial charge in [0.15, 0.2) is 0 Å². The van der Waals surface area contributed by atoms with Crippen molar-refractivity contribution in [3.8, 4) is 0 Å². The Morgan fingerprint density at radius 3 is 1.31 bits per heavy atom. The number of pyridine rings is 1. The van der Waals surface area contributed by atoms with Crippen molar-refractivity contribution in [3.63, 3.8) is 0 Å². The molecule has 0 saturated carbocycles. The number of nitrogens with zero attached hydrogens (tertiary/aromatic N) is 1. The average Bonchev–Trinajstić information content (AvgIpc) is 2.74. The van der Waals surface area contributed by atoms with E-state index in [1.165, 1.54) is 43.1 Å². The molecule has 0 unspecified atom stereocenters. The molecule has 1 aromatic heterocycles. The van der Waals surface area contributed by atoms with Crippen LogP contribution >= 0.6 is 0 Å². The number of hydrogen-bond acceptors (Lipinski definition) is 1. The molecule has 0 N–H and O–H groups in total. The first-order valence-electron chi connectivity index (χ1n) is 8.83. The van der Waals surface area contributed by atoms with Gasteiger partial charge in [-0.25, -0.2) is 0 Å². The van der Waals surface area contributed by atoms with Gasteiger partial charge in [-0.05, 0) is 55.2 Å². The molecule has 0 saturated heterocycles. The molecule has 6 rings (SSSR count). The molecule has 6 aromatic rings. The van der Waals surface area contributed by atoms with Crippen LogP contribution in [0.15, 0.2) is 103 Å². The summed E-state index contributed by atoms with van der Waals surface area (Å²) in [5, 5.41) is 10.9. The summed E-state index contributed by atoms with van der Waals surface area (Å²) in [5.41, 5.74) is 0. The van der Waals surface area contributed by atoms with Crippen LogP contribution < -0.4 is 0 Å². The number of fused-ring (bicyclic) bond motifs is 3. The maximum Gasteiger partial charge on any atom is 0.0267 e. The SMILES string of the molecule is c1ccc2c(c1)c1cccc3ccc4cccc2c4c31.c1ccncc1. The van der Waals surface area contributed by atoms with E-state index >= 15 is 0 Å². The first kappa shape index (κ1) is 14.9. The van der Waals surface area contributed by atoms with E-state index < -0.39 is 0 Å². The van der Waals surface area contributed by atoms with Crippen molar-refractivity contribution in [2.75, 3.05) is 0 Å². The lowest BCUT2D eigenvalue weighted by atomic mass is 9.89. The van der Waals surface area contributed by atoms with E-state index in [9.17, 15) is 0 Å². The van der Waals surface area contributed by atoms with Gasteiger partial charge in [0.25, 0.3) is 0 Å². The van der Waals surface area contributed by atoms with Crippen molar-refractivity contribution >= 4 is 43.1 Å².